The number of hydrogen-bond acceptors (Lipinski definition) is 4. The van der Waals surface area contributed by atoms with E-state index < -0.39 is 29.7 Å². The van der Waals surface area contributed by atoms with Crippen molar-refractivity contribution in [1.29, 1.82) is 0 Å². The fourth-order valence-electron chi connectivity index (χ4n) is 3.79. The Bertz CT molecular complexity index is 695. The van der Waals surface area contributed by atoms with Crippen molar-refractivity contribution in [2.75, 3.05) is 26.4 Å². The van der Waals surface area contributed by atoms with Crippen LogP contribution in [-0.2, 0) is 19.1 Å². The van der Waals surface area contributed by atoms with Gasteiger partial charge in [-0.2, -0.15) is 0 Å². The van der Waals surface area contributed by atoms with Gasteiger partial charge in [-0.15, -0.1) is 0 Å². The molecule has 27 heavy (non-hydrogen) atoms. The van der Waals surface area contributed by atoms with Crippen LogP contribution in [0.3, 0.4) is 0 Å². The third kappa shape index (κ3) is 4.78. The Morgan fingerprint density at radius 1 is 1.26 bits per heavy atom. The van der Waals surface area contributed by atoms with Crippen LogP contribution in [0.1, 0.15) is 30.9 Å². The predicted octanol–water partition coefficient (Wildman–Crippen LogP) is 2.80. The van der Waals surface area contributed by atoms with Gasteiger partial charge in [0.25, 0.3) is 0 Å². The third-order valence-electron chi connectivity index (χ3n) is 5.35. The summed E-state index contributed by atoms with van der Waals surface area (Å²) in [5.41, 5.74) is 0.550. The third-order valence-corrected chi connectivity index (χ3v) is 5.66. The standard InChI is InChI=1S/C19H23ClFNO5/c20-15-2-1-12(9-16(15)21)17-13(5-8-27-17)18(23)22-10-14(19(24)25)11-3-6-26-7-4-11/h1-2,9,11,13-14,17H,3-8,10H2,(H,22,23)(H,24,25)/t13-,14?,17+/m1/s1. The quantitative estimate of drug-likeness (QED) is 0.768. The summed E-state index contributed by atoms with van der Waals surface area (Å²) in [6.07, 6.45) is 1.27. The van der Waals surface area contributed by atoms with Crippen LogP contribution in [-0.4, -0.2) is 43.3 Å². The largest absolute Gasteiger partial charge is 0.481 e. The summed E-state index contributed by atoms with van der Waals surface area (Å²) in [5, 5.41) is 12.3. The van der Waals surface area contributed by atoms with Gasteiger partial charge in [0.2, 0.25) is 5.91 Å². The van der Waals surface area contributed by atoms with Crippen LogP contribution in [0, 0.1) is 23.6 Å². The van der Waals surface area contributed by atoms with Crippen molar-refractivity contribution >= 4 is 23.5 Å². The van der Waals surface area contributed by atoms with Crippen LogP contribution in [0.15, 0.2) is 18.2 Å². The van der Waals surface area contributed by atoms with Crippen LogP contribution in [0.5, 0.6) is 0 Å². The Morgan fingerprint density at radius 2 is 2.00 bits per heavy atom. The fraction of sp³-hybridized carbons (Fsp3) is 0.579. The Balaban J connectivity index is 1.63. The molecule has 0 spiro atoms. The summed E-state index contributed by atoms with van der Waals surface area (Å²) >= 11 is 5.71. The number of ether oxygens (including phenoxy) is 2. The van der Waals surface area contributed by atoms with E-state index in [9.17, 15) is 19.1 Å². The lowest BCUT2D eigenvalue weighted by molar-refractivity contribution is -0.145. The molecule has 2 aliphatic rings. The maximum atomic E-state index is 13.7. The summed E-state index contributed by atoms with van der Waals surface area (Å²) in [6.45, 7) is 1.54. The second kappa shape index (κ2) is 8.99. The molecule has 1 aromatic carbocycles. The highest BCUT2D eigenvalue weighted by molar-refractivity contribution is 6.30. The van der Waals surface area contributed by atoms with Crippen molar-refractivity contribution in [1.82, 2.24) is 5.32 Å². The minimum absolute atomic E-state index is 0.0125. The van der Waals surface area contributed by atoms with E-state index in [0.29, 0.717) is 44.6 Å². The summed E-state index contributed by atoms with van der Waals surface area (Å²) in [4.78, 5) is 24.3. The smallest absolute Gasteiger partial charge is 0.308 e. The maximum absolute atomic E-state index is 13.7. The van der Waals surface area contributed by atoms with Crippen LogP contribution in [0.25, 0.3) is 0 Å². The molecule has 0 aromatic heterocycles. The number of hydrogen-bond donors (Lipinski definition) is 2. The Labute approximate surface area is 162 Å². The maximum Gasteiger partial charge on any atom is 0.308 e. The fourth-order valence-corrected chi connectivity index (χ4v) is 3.91. The molecule has 8 heteroatoms. The van der Waals surface area contributed by atoms with Crippen molar-refractivity contribution < 1.29 is 28.6 Å². The van der Waals surface area contributed by atoms with Gasteiger partial charge >= 0.3 is 5.97 Å². The van der Waals surface area contributed by atoms with E-state index in [4.69, 9.17) is 21.1 Å². The minimum Gasteiger partial charge on any atom is -0.481 e. The molecule has 3 rings (SSSR count). The van der Waals surface area contributed by atoms with Crippen LogP contribution in [0.2, 0.25) is 5.02 Å². The highest BCUT2D eigenvalue weighted by atomic mass is 35.5. The molecule has 1 unspecified atom stereocenters. The molecule has 2 fully saturated rings. The SMILES string of the molecule is O=C(O)C(CNC(=O)[C@@H]1CCO[C@H]1c1ccc(Cl)c(F)c1)C1CCOCC1. The van der Waals surface area contributed by atoms with Crippen molar-refractivity contribution in [3.63, 3.8) is 0 Å². The molecule has 0 saturated carbocycles. The van der Waals surface area contributed by atoms with Gasteiger partial charge in [-0.1, -0.05) is 17.7 Å². The van der Waals surface area contributed by atoms with E-state index in [0.717, 1.165) is 0 Å². The average molecular weight is 400 g/mol. The molecule has 3 atom stereocenters. The van der Waals surface area contributed by atoms with Crippen molar-refractivity contribution in [3.05, 3.63) is 34.6 Å². The molecule has 148 valence electrons. The number of carbonyl (C=O) groups excluding carboxylic acids is 1. The Hall–Kier alpha value is -1.70. The molecule has 1 aromatic rings. The molecular weight excluding hydrogens is 377 g/mol. The number of carboxylic acids is 1. The molecule has 2 heterocycles. The molecule has 2 saturated heterocycles. The molecule has 6 nitrogen and oxygen atoms in total. The van der Waals surface area contributed by atoms with E-state index in [1.165, 1.54) is 12.1 Å². The number of carbonyl (C=O) groups is 2. The molecule has 2 aliphatic heterocycles. The van der Waals surface area contributed by atoms with Gasteiger partial charge in [0.05, 0.1) is 23.0 Å². The van der Waals surface area contributed by atoms with E-state index in [1.54, 1.807) is 6.07 Å². The van der Waals surface area contributed by atoms with Crippen LogP contribution in [0.4, 0.5) is 4.39 Å². The lowest BCUT2D eigenvalue weighted by atomic mass is 9.85. The van der Waals surface area contributed by atoms with Crippen molar-refractivity contribution in [2.45, 2.75) is 25.4 Å². The van der Waals surface area contributed by atoms with Gasteiger partial charge < -0.3 is 19.9 Å². The monoisotopic (exact) mass is 399 g/mol. The van der Waals surface area contributed by atoms with Gasteiger partial charge in [0, 0.05) is 26.4 Å². The number of nitrogens with one attached hydrogen (secondary N) is 1. The Kier molecular flexibility index (Phi) is 6.68. The number of amides is 1. The zero-order valence-electron chi connectivity index (χ0n) is 14.8. The highest BCUT2D eigenvalue weighted by Gasteiger charge is 2.37. The lowest BCUT2D eigenvalue weighted by Gasteiger charge is -2.28. The second-order valence-corrected chi connectivity index (χ2v) is 7.41. The first kappa shape index (κ1) is 20.0. The first-order valence-corrected chi connectivity index (χ1v) is 9.50. The van der Waals surface area contributed by atoms with Crippen LogP contribution < -0.4 is 5.32 Å². The van der Waals surface area contributed by atoms with E-state index in [2.05, 4.69) is 5.32 Å². The minimum atomic E-state index is -0.916. The molecule has 0 aliphatic carbocycles. The second-order valence-electron chi connectivity index (χ2n) is 7.00. The average Bonchev–Trinajstić information content (AvgIpc) is 3.14. The summed E-state index contributed by atoms with van der Waals surface area (Å²) in [5.74, 6) is -2.90. The molecule has 0 bridgehead atoms. The molecule has 1 amide bonds. The number of aliphatic carboxylic acids is 1. The zero-order valence-corrected chi connectivity index (χ0v) is 15.6. The van der Waals surface area contributed by atoms with E-state index in [-0.39, 0.29) is 23.4 Å². The van der Waals surface area contributed by atoms with E-state index >= 15 is 0 Å². The van der Waals surface area contributed by atoms with E-state index in [1.807, 2.05) is 0 Å². The molecular formula is C19H23ClFNO5. The number of benzene rings is 1. The first-order chi connectivity index (χ1) is 13.0. The number of halogens is 2. The molecule has 2 N–H and O–H groups in total. The zero-order chi connectivity index (χ0) is 19.4. The van der Waals surface area contributed by atoms with Gasteiger partial charge in [0.15, 0.2) is 0 Å². The van der Waals surface area contributed by atoms with Crippen molar-refractivity contribution in [3.8, 4) is 0 Å². The normalized spacial score (nSPS) is 24.5. The number of rotatable bonds is 6. The Morgan fingerprint density at radius 3 is 2.67 bits per heavy atom. The predicted molar refractivity (Wildman–Crippen MR) is 95.9 cm³/mol. The highest BCUT2D eigenvalue weighted by Crippen LogP contribution is 2.36. The van der Waals surface area contributed by atoms with Crippen molar-refractivity contribution in [2.24, 2.45) is 17.8 Å². The summed E-state index contributed by atoms with van der Waals surface area (Å²) in [7, 11) is 0. The molecule has 0 radical (unpaired) electrons. The van der Waals surface area contributed by atoms with Gasteiger partial charge in [-0.05, 0) is 42.9 Å². The van der Waals surface area contributed by atoms with Gasteiger partial charge in [-0.3, -0.25) is 9.59 Å². The summed E-state index contributed by atoms with van der Waals surface area (Å²) < 4.78 is 24.7. The van der Waals surface area contributed by atoms with Gasteiger partial charge in [-0.25, -0.2) is 4.39 Å². The van der Waals surface area contributed by atoms with Crippen LogP contribution >= 0.6 is 11.6 Å². The summed E-state index contributed by atoms with van der Waals surface area (Å²) in [6, 6.07) is 4.36. The van der Waals surface area contributed by atoms with Gasteiger partial charge in [0.1, 0.15) is 5.82 Å². The lowest BCUT2D eigenvalue weighted by Crippen LogP contribution is -2.41. The first-order valence-electron chi connectivity index (χ1n) is 9.12. The topological polar surface area (TPSA) is 84.9 Å². The number of carboxylic acid groups (broad SMARTS) is 1.